The third-order valence-corrected chi connectivity index (χ3v) is 3.86. The van der Waals surface area contributed by atoms with Crippen LogP contribution in [0.3, 0.4) is 0 Å². The maximum Gasteiger partial charge on any atom is 0.320 e. The molecule has 2 amide bonds. The van der Waals surface area contributed by atoms with Crippen molar-refractivity contribution in [3.63, 3.8) is 0 Å². The first-order valence-electron chi connectivity index (χ1n) is 7.49. The number of benzene rings is 1. The number of ether oxygens (including phenoxy) is 2. The summed E-state index contributed by atoms with van der Waals surface area (Å²) in [5, 5.41) is 0. The second kappa shape index (κ2) is 7.31. The monoisotopic (exact) mass is 292 g/mol. The first-order chi connectivity index (χ1) is 10.2. The summed E-state index contributed by atoms with van der Waals surface area (Å²) < 4.78 is 11.0. The molecule has 1 aromatic carbocycles. The molecule has 0 aliphatic carbocycles. The van der Waals surface area contributed by atoms with Crippen LogP contribution < -0.4 is 4.74 Å². The SMILES string of the molecule is CCN(CC)C(=O)N1CCOC(c2ccc(OC)cc2)C1. The summed E-state index contributed by atoms with van der Waals surface area (Å²) in [6.07, 6.45) is -0.0656. The van der Waals surface area contributed by atoms with E-state index >= 15 is 0 Å². The number of hydrogen-bond donors (Lipinski definition) is 0. The largest absolute Gasteiger partial charge is 0.497 e. The fraction of sp³-hybridized carbons (Fsp3) is 0.562. The van der Waals surface area contributed by atoms with Gasteiger partial charge in [0, 0.05) is 19.6 Å². The quantitative estimate of drug-likeness (QED) is 0.856. The van der Waals surface area contributed by atoms with Gasteiger partial charge in [0.2, 0.25) is 0 Å². The Kier molecular flexibility index (Phi) is 5.44. The van der Waals surface area contributed by atoms with Gasteiger partial charge in [0.05, 0.1) is 20.3 Å². The van der Waals surface area contributed by atoms with Crippen molar-refractivity contribution < 1.29 is 14.3 Å². The molecule has 0 aromatic heterocycles. The standard InChI is InChI=1S/C16H24N2O3/c1-4-17(5-2)16(19)18-10-11-21-15(12-18)13-6-8-14(20-3)9-7-13/h6-9,15H,4-5,10-12H2,1-3H3. The molecule has 0 radical (unpaired) electrons. The molecular weight excluding hydrogens is 268 g/mol. The minimum atomic E-state index is -0.0656. The van der Waals surface area contributed by atoms with E-state index in [0.717, 1.165) is 24.4 Å². The van der Waals surface area contributed by atoms with Crippen molar-refractivity contribution in [1.29, 1.82) is 0 Å². The smallest absolute Gasteiger partial charge is 0.320 e. The highest BCUT2D eigenvalue weighted by atomic mass is 16.5. The lowest BCUT2D eigenvalue weighted by atomic mass is 10.1. The van der Waals surface area contributed by atoms with Crippen LogP contribution in [0.2, 0.25) is 0 Å². The number of methoxy groups -OCH3 is 1. The normalized spacial score (nSPS) is 18.4. The van der Waals surface area contributed by atoms with Crippen molar-refractivity contribution in [3.8, 4) is 5.75 Å². The van der Waals surface area contributed by atoms with E-state index in [1.54, 1.807) is 7.11 Å². The molecule has 21 heavy (non-hydrogen) atoms. The van der Waals surface area contributed by atoms with Crippen LogP contribution in [0.5, 0.6) is 5.75 Å². The van der Waals surface area contributed by atoms with Crippen LogP contribution in [0.4, 0.5) is 4.79 Å². The summed E-state index contributed by atoms with van der Waals surface area (Å²) in [7, 11) is 1.65. The number of carbonyl (C=O) groups is 1. The molecule has 1 unspecified atom stereocenters. The fourth-order valence-electron chi connectivity index (χ4n) is 2.54. The second-order valence-electron chi connectivity index (χ2n) is 5.03. The van der Waals surface area contributed by atoms with Crippen LogP contribution in [0.25, 0.3) is 0 Å². The molecule has 1 heterocycles. The summed E-state index contributed by atoms with van der Waals surface area (Å²) in [4.78, 5) is 16.1. The number of hydrogen-bond acceptors (Lipinski definition) is 3. The van der Waals surface area contributed by atoms with Crippen LogP contribution in [0.15, 0.2) is 24.3 Å². The lowest BCUT2D eigenvalue weighted by Crippen LogP contribution is -2.48. The van der Waals surface area contributed by atoms with Crippen molar-refractivity contribution in [3.05, 3.63) is 29.8 Å². The molecule has 5 nitrogen and oxygen atoms in total. The highest BCUT2D eigenvalue weighted by Crippen LogP contribution is 2.24. The van der Waals surface area contributed by atoms with Crippen LogP contribution >= 0.6 is 0 Å². The van der Waals surface area contributed by atoms with Gasteiger partial charge in [-0.1, -0.05) is 12.1 Å². The zero-order chi connectivity index (χ0) is 15.2. The highest BCUT2D eigenvalue weighted by Gasteiger charge is 2.27. The Morgan fingerprint density at radius 2 is 2.00 bits per heavy atom. The van der Waals surface area contributed by atoms with Crippen LogP contribution in [-0.4, -0.2) is 55.7 Å². The van der Waals surface area contributed by atoms with Gasteiger partial charge in [-0.05, 0) is 31.5 Å². The van der Waals surface area contributed by atoms with Gasteiger partial charge in [-0.15, -0.1) is 0 Å². The fourth-order valence-corrected chi connectivity index (χ4v) is 2.54. The molecule has 0 saturated carbocycles. The molecule has 0 spiro atoms. The molecule has 1 fully saturated rings. The van der Waals surface area contributed by atoms with E-state index in [1.807, 2.05) is 47.9 Å². The second-order valence-corrected chi connectivity index (χ2v) is 5.03. The van der Waals surface area contributed by atoms with Gasteiger partial charge >= 0.3 is 6.03 Å². The van der Waals surface area contributed by atoms with Gasteiger partial charge in [-0.3, -0.25) is 0 Å². The Balaban J connectivity index is 2.04. The Labute approximate surface area is 126 Å². The van der Waals surface area contributed by atoms with Crippen LogP contribution in [-0.2, 0) is 4.74 Å². The Hall–Kier alpha value is -1.75. The molecule has 1 saturated heterocycles. The van der Waals surface area contributed by atoms with E-state index in [2.05, 4.69) is 0 Å². The predicted octanol–water partition coefficient (Wildman–Crippen LogP) is 2.53. The molecule has 0 bridgehead atoms. The van der Waals surface area contributed by atoms with Crippen molar-refractivity contribution >= 4 is 6.03 Å². The lowest BCUT2D eigenvalue weighted by Gasteiger charge is -2.36. The van der Waals surface area contributed by atoms with Gasteiger partial charge in [-0.25, -0.2) is 4.79 Å². The number of morpholine rings is 1. The van der Waals surface area contributed by atoms with E-state index < -0.39 is 0 Å². The first kappa shape index (κ1) is 15.6. The number of rotatable bonds is 4. The maximum absolute atomic E-state index is 12.4. The average Bonchev–Trinajstić information content (AvgIpc) is 2.56. The predicted molar refractivity (Wildman–Crippen MR) is 81.6 cm³/mol. The van der Waals surface area contributed by atoms with E-state index in [-0.39, 0.29) is 12.1 Å². The Morgan fingerprint density at radius 3 is 2.57 bits per heavy atom. The third-order valence-electron chi connectivity index (χ3n) is 3.86. The molecule has 5 heteroatoms. The molecule has 116 valence electrons. The Bertz CT molecular complexity index is 457. The first-order valence-corrected chi connectivity index (χ1v) is 7.49. The van der Waals surface area contributed by atoms with Crippen molar-refractivity contribution in [2.45, 2.75) is 20.0 Å². The molecule has 0 N–H and O–H groups in total. The van der Waals surface area contributed by atoms with Crippen molar-refractivity contribution in [2.24, 2.45) is 0 Å². The van der Waals surface area contributed by atoms with E-state index in [1.165, 1.54) is 0 Å². The molecule has 1 aliphatic rings. The summed E-state index contributed by atoms with van der Waals surface area (Å²) in [5.41, 5.74) is 1.08. The van der Waals surface area contributed by atoms with Crippen molar-refractivity contribution in [2.75, 3.05) is 39.9 Å². The number of carbonyl (C=O) groups excluding carboxylic acids is 1. The van der Waals surface area contributed by atoms with Gasteiger partial charge < -0.3 is 19.3 Å². The minimum absolute atomic E-state index is 0.0656. The Morgan fingerprint density at radius 1 is 1.33 bits per heavy atom. The summed E-state index contributed by atoms with van der Waals surface area (Å²) in [6.45, 7) is 7.30. The van der Waals surface area contributed by atoms with Gasteiger partial charge in [0.1, 0.15) is 11.9 Å². The molecular formula is C16H24N2O3. The number of nitrogens with zero attached hydrogens (tertiary/aromatic N) is 2. The van der Waals surface area contributed by atoms with Crippen molar-refractivity contribution in [1.82, 2.24) is 9.80 Å². The van der Waals surface area contributed by atoms with E-state index in [4.69, 9.17) is 9.47 Å². The highest BCUT2D eigenvalue weighted by molar-refractivity contribution is 5.74. The maximum atomic E-state index is 12.4. The summed E-state index contributed by atoms with van der Waals surface area (Å²) in [6, 6.07) is 7.93. The number of amides is 2. The summed E-state index contributed by atoms with van der Waals surface area (Å²) in [5.74, 6) is 0.825. The van der Waals surface area contributed by atoms with Crippen LogP contribution in [0.1, 0.15) is 25.5 Å². The van der Waals surface area contributed by atoms with Gasteiger partial charge in [-0.2, -0.15) is 0 Å². The molecule has 1 atom stereocenters. The molecule has 2 rings (SSSR count). The lowest BCUT2D eigenvalue weighted by molar-refractivity contribution is -0.0202. The van der Waals surface area contributed by atoms with Crippen LogP contribution in [0, 0.1) is 0 Å². The topological polar surface area (TPSA) is 42.0 Å². The average molecular weight is 292 g/mol. The van der Waals surface area contributed by atoms with E-state index in [9.17, 15) is 4.79 Å². The summed E-state index contributed by atoms with van der Waals surface area (Å²) >= 11 is 0. The molecule has 1 aliphatic heterocycles. The van der Waals surface area contributed by atoms with Gasteiger partial charge in [0.15, 0.2) is 0 Å². The van der Waals surface area contributed by atoms with E-state index in [0.29, 0.717) is 19.7 Å². The minimum Gasteiger partial charge on any atom is -0.497 e. The third kappa shape index (κ3) is 3.67. The zero-order valence-corrected chi connectivity index (χ0v) is 13.0. The number of urea groups is 1. The van der Waals surface area contributed by atoms with Gasteiger partial charge in [0.25, 0.3) is 0 Å². The molecule has 1 aromatic rings. The zero-order valence-electron chi connectivity index (χ0n) is 13.0.